The molecule has 6 nitrogen and oxygen atoms in total. The van der Waals surface area contributed by atoms with Crippen molar-refractivity contribution >= 4 is 38.3 Å². The standard InChI is InChI=1S/C19H14N6S/c1-2-8-14(9-3-1)18(23-22-17-12-6-7-13-20-17)24-25-19-21-15-10-4-5-11-16(15)26-19/h1-13H,(H,21,25)/b23-22+,24-18+. The van der Waals surface area contributed by atoms with Crippen LogP contribution in [0.25, 0.3) is 10.2 Å². The van der Waals surface area contributed by atoms with E-state index >= 15 is 0 Å². The van der Waals surface area contributed by atoms with E-state index in [-0.39, 0.29) is 0 Å². The first-order valence-electron chi connectivity index (χ1n) is 7.96. The van der Waals surface area contributed by atoms with Crippen molar-refractivity contribution in [2.75, 3.05) is 5.43 Å². The van der Waals surface area contributed by atoms with E-state index in [0.29, 0.717) is 16.8 Å². The third-order valence-corrected chi connectivity index (χ3v) is 4.42. The van der Waals surface area contributed by atoms with Gasteiger partial charge in [0.1, 0.15) is 0 Å². The SMILES string of the molecule is c1ccc(C(/N=N/c2ccccn2)=N\Nc2nc3ccccc3s2)cc1. The predicted molar refractivity (Wildman–Crippen MR) is 105 cm³/mol. The van der Waals surface area contributed by atoms with Gasteiger partial charge in [0, 0.05) is 11.8 Å². The van der Waals surface area contributed by atoms with Crippen LogP contribution >= 0.6 is 11.3 Å². The van der Waals surface area contributed by atoms with Crippen molar-refractivity contribution in [3.8, 4) is 0 Å². The van der Waals surface area contributed by atoms with Crippen LogP contribution in [0, 0.1) is 0 Å². The van der Waals surface area contributed by atoms with Gasteiger partial charge in [-0.2, -0.15) is 5.10 Å². The third kappa shape index (κ3) is 3.79. The number of pyridine rings is 1. The Bertz CT molecular complexity index is 1020. The van der Waals surface area contributed by atoms with Gasteiger partial charge in [0.15, 0.2) is 5.82 Å². The summed E-state index contributed by atoms with van der Waals surface area (Å²) >= 11 is 1.53. The largest absolute Gasteiger partial charge is 0.250 e. The summed E-state index contributed by atoms with van der Waals surface area (Å²) in [7, 11) is 0. The number of rotatable bonds is 4. The third-order valence-electron chi connectivity index (χ3n) is 3.48. The summed E-state index contributed by atoms with van der Waals surface area (Å²) in [6, 6.07) is 23.1. The minimum absolute atomic E-state index is 0.454. The molecule has 7 heteroatoms. The van der Waals surface area contributed by atoms with Gasteiger partial charge in [0.25, 0.3) is 0 Å². The van der Waals surface area contributed by atoms with E-state index < -0.39 is 0 Å². The molecule has 0 aliphatic heterocycles. The molecule has 0 amide bonds. The Labute approximate surface area is 154 Å². The van der Waals surface area contributed by atoms with Crippen molar-refractivity contribution in [2.45, 2.75) is 0 Å². The second-order valence-electron chi connectivity index (χ2n) is 5.29. The van der Waals surface area contributed by atoms with E-state index in [1.165, 1.54) is 11.3 Å². The molecule has 0 aliphatic carbocycles. The number of hydrogen-bond acceptors (Lipinski definition) is 6. The Balaban J connectivity index is 1.63. The van der Waals surface area contributed by atoms with Gasteiger partial charge in [-0.25, -0.2) is 9.97 Å². The molecule has 26 heavy (non-hydrogen) atoms. The summed E-state index contributed by atoms with van der Waals surface area (Å²) in [5.41, 5.74) is 4.77. The minimum Gasteiger partial charge on any atom is -0.250 e. The van der Waals surface area contributed by atoms with Crippen molar-refractivity contribution in [1.29, 1.82) is 0 Å². The lowest BCUT2D eigenvalue weighted by atomic mass is 10.2. The molecule has 0 unspecified atom stereocenters. The molecule has 0 atom stereocenters. The van der Waals surface area contributed by atoms with Gasteiger partial charge in [0.05, 0.1) is 10.2 Å². The fraction of sp³-hybridized carbons (Fsp3) is 0. The molecular formula is C19H14N6S. The Morgan fingerprint density at radius 3 is 2.50 bits per heavy atom. The van der Waals surface area contributed by atoms with Crippen LogP contribution in [0.4, 0.5) is 10.9 Å². The zero-order chi connectivity index (χ0) is 17.6. The van der Waals surface area contributed by atoms with Crippen molar-refractivity contribution in [1.82, 2.24) is 9.97 Å². The van der Waals surface area contributed by atoms with Crippen molar-refractivity contribution in [3.63, 3.8) is 0 Å². The number of anilines is 1. The Morgan fingerprint density at radius 1 is 0.885 bits per heavy atom. The molecule has 1 N–H and O–H groups in total. The fourth-order valence-electron chi connectivity index (χ4n) is 2.26. The molecule has 0 bridgehead atoms. The normalized spacial score (nSPS) is 11.9. The van der Waals surface area contributed by atoms with E-state index in [2.05, 4.69) is 30.7 Å². The maximum absolute atomic E-state index is 4.51. The molecule has 2 aromatic carbocycles. The fourth-order valence-corrected chi connectivity index (χ4v) is 3.07. The highest BCUT2D eigenvalue weighted by atomic mass is 32.1. The number of azo groups is 1. The highest BCUT2D eigenvalue weighted by Gasteiger charge is 2.05. The molecule has 4 rings (SSSR count). The van der Waals surface area contributed by atoms with E-state index in [4.69, 9.17) is 0 Å². The Hall–Kier alpha value is -3.45. The highest BCUT2D eigenvalue weighted by Crippen LogP contribution is 2.25. The highest BCUT2D eigenvalue weighted by molar-refractivity contribution is 7.22. The summed E-state index contributed by atoms with van der Waals surface area (Å²) in [4.78, 5) is 8.66. The number of benzene rings is 2. The maximum Gasteiger partial charge on any atom is 0.204 e. The van der Waals surface area contributed by atoms with Gasteiger partial charge < -0.3 is 0 Å². The van der Waals surface area contributed by atoms with E-state index in [1.807, 2.05) is 66.7 Å². The lowest BCUT2D eigenvalue weighted by Gasteiger charge is -2.00. The van der Waals surface area contributed by atoms with Crippen LogP contribution in [-0.4, -0.2) is 15.8 Å². The summed E-state index contributed by atoms with van der Waals surface area (Å²) in [5.74, 6) is 0.978. The average Bonchev–Trinajstić information content (AvgIpc) is 3.12. The second kappa shape index (κ2) is 7.62. The molecule has 2 heterocycles. The van der Waals surface area contributed by atoms with E-state index in [1.54, 1.807) is 12.3 Å². The number of aromatic nitrogens is 2. The number of fused-ring (bicyclic) bond motifs is 1. The lowest BCUT2D eigenvalue weighted by Crippen LogP contribution is -2.00. The molecule has 126 valence electrons. The monoisotopic (exact) mass is 358 g/mol. The summed E-state index contributed by atoms with van der Waals surface area (Å²) in [6.07, 6.45) is 1.67. The molecule has 0 spiro atoms. The number of nitrogens with one attached hydrogen (secondary N) is 1. The first kappa shape index (κ1) is 16.0. The van der Waals surface area contributed by atoms with Crippen molar-refractivity contribution < 1.29 is 0 Å². The summed E-state index contributed by atoms with van der Waals surface area (Å²) < 4.78 is 1.10. The number of thiazole rings is 1. The van der Waals surface area contributed by atoms with Gasteiger partial charge in [0.2, 0.25) is 11.0 Å². The van der Waals surface area contributed by atoms with Crippen LogP contribution in [0.5, 0.6) is 0 Å². The van der Waals surface area contributed by atoms with E-state index in [9.17, 15) is 0 Å². The van der Waals surface area contributed by atoms with Crippen LogP contribution in [0.2, 0.25) is 0 Å². The molecule has 0 radical (unpaired) electrons. The second-order valence-corrected chi connectivity index (χ2v) is 6.32. The number of nitrogens with zero attached hydrogens (tertiary/aromatic N) is 5. The van der Waals surface area contributed by atoms with Crippen molar-refractivity contribution in [2.24, 2.45) is 15.3 Å². The van der Waals surface area contributed by atoms with Crippen LogP contribution in [0.1, 0.15) is 5.56 Å². The molecule has 0 aliphatic rings. The number of para-hydroxylation sites is 1. The first-order chi connectivity index (χ1) is 12.9. The van der Waals surface area contributed by atoms with Crippen LogP contribution in [0.3, 0.4) is 0 Å². The predicted octanol–water partition coefficient (Wildman–Crippen LogP) is 5.25. The van der Waals surface area contributed by atoms with Gasteiger partial charge in [-0.1, -0.05) is 59.9 Å². The summed E-state index contributed by atoms with van der Waals surface area (Å²) in [5, 5.41) is 13.5. The average molecular weight is 358 g/mol. The summed E-state index contributed by atoms with van der Waals surface area (Å²) in [6.45, 7) is 0. The van der Waals surface area contributed by atoms with Crippen molar-refractivity contribution in [3.05, 3.63) is 84.6 Å². The number of amidine groups is 1. The van der Waals surface area contributed by atoms with Gasteiger partial charge in [-0.05, 0) is 24.3 Å². The van der Waals surface area contributed by atoms with Crippen LogP contribution in [0.15, 0.2) is 94.3 Å². The molecule has 0 saturated carbocycles. The number of hydrazone groups is 1. The topological polar surface area (TPSA) is 74.9 Å². The van der Waals surface area contributed by atoms with Crippen LogP contribution in [-0.2, 0) is 0 Å². The Morgan fingerprint density at radius 2 is 1.69 bits per heavy atom. The van der Waals surface area contributed by atoms with Crippen LogP contribution < -0.4 is 5.43 Å². The quantitative estimate of drug-likeness (QED) is 0.234. The first-order valence-corrected chi connectivity index (χ1v) is 8.77. The maximum atomic E-state index is 4.51. The zero-order valence-corrected chi connectivity index (χ0v) is 14.5. The lowest BCUT2D eigenvalue weighted by molar-refractivity contribution is 1.16. The number of hydrogen-bond donors (Lipinski definition) is 1. The van der Waals surface area contributed by atoms with Gasteiger partial charge in [-0.15, -0.1) is 10.2 Å². The zero-order valence-electron chi connectivity index (χ0n) is 13.6. The molecule has 2 aromatic heterocycles. The van der Waals surface area contributed by atoms with Gasteiger partial charge >= 0.3 is 0 Å². The molecule has 4 aromatic rings. The van der Waals surface area contributed by atoms with Gasteiger partial charge in [-0.3, -0.25) is 5.43 Å². The smallest absolute Gasteiger partial charge is 0.204 e. The molecule has 0 fully saturated rings. The Kier molecular flexibility index (Phi) is 4.70. The molecular weight excluding hydrogens is 344 g/mol. The minimum atomic E-state index is 0.454. The van der Waals surface area contributed by atoms with E-state index in [0.717, 1.165) is 15.8 Å². The molecule has 0 saturated heterocycles.